The maximum Gasteiger partial charge on any atom is 0.126 e. The van der Waals surface area contributed by atoms with E-state index in [0.29, 0.717) is 13.0 Å². The van der Waals surface area contributed by atoms with Gasteiger partial charge in [0.05, 0.1) is 11.1 Å². The number of nitrogens with one attached hydrogen (secondary N) is 1. The van der Waals surface area contributed by atoms with Gasteiger partial charge in [-0.3, -0.25) is 0 Å². The van der Waals surface area contributed by atoms with Gasteiger partial charge in [-0.15, -0.1) is 0 Å². The van der Waals surface area contributed by atoms with Gasteiger partial charge in [-0.25, -0.2) is 4.98 Å². The summed E-state index contributed by atoms with van der Waals surface area (Å²) in [5.74, 6) is 0.803. The van der Waals surface area contributed by atoms with Crippen molar-refractivity contribution in [3.8, 4) is 0 Å². The Labute approximate surface area is 102 Å². The number of aliphatic hydroxyl groups is 1. The second kappa shape index (κ2) is 4.72. The van der Waals surface area contributed by atoms with Crippen molar-refractivity contribution in [3.63, 3.8) is 0 Å². The minimum Gasteiger partial charge on any atom is -0.388 e. The fourth-order valence-electron chi connectivity index (χ4n) is 1.57. The molecule has 2 aromatic rings. The zero-order valence-electron chi connectivity index (χ0n) is 10.3. The molecule has 0 saturated carbocycles. The van der Waals surface area contributed by atoms with Gasteiger partial charge in [0.1, 0.15) is 5.82 Å². The molecule has 2 N–H and O–H groups in total. The number of nitrogens with zero attached hydrogens (tertiary/aromatic N) is 1. The number of benzene rings is 1. The summed E-state index contributed by atoms with van der Waals surface area (Å²) in [6.07, 6.45) is 0.716. The number of rotatable bonds is 4. The zero-order chi connectivity index (χ0) is 12.3. The number of aromatic nitrogens is 1. The highest BCUT2D eigenvalue weighted by molar-refractivity contribution is 5.80. The predicted molar refractivity (Wildman–Crippen MR) is 71.1 cm³/mol. The quantitative estimate of drug-likeness (QED) is 0.849. The topological polar surface area (TPSA) is 45.1 Å². The summed E-state index contributed by atoms with van der Waals surface area (Å²) in [6.45, 7) is 4.30. The van der Waals surface area contributed by atoms with Crippen molar-refractivity contribution in [1.82, 2.24) is 4.98 Å². The van der Waals surface area contributed by atoms with Gasteiger partial charge in [-0.2, -0.15) is 0 Å². The van der Waals surface area contributed by atoms with E-state index < -0.39 is 5.60 Å². The fourth-order valence-corrected chi connectivity index (χ4v) is 1.57. The van der Waals surface area contributed by atoms with Gasteiger partial charge in [0.15, 0.2) is 0 Å². The molecule has 17 heavy (non-hydrogen) atoms. The lowest BCUT2D eigenvalue weighted by atomic mass is 10.0. The minimum absolute atomic E-state index is 0.509. The molecular weight excluding hydrogens is 212 g/mol. The molecule has 0 spiro atoms. The van der Waals surface area contributed by atoms with Gasteiger partial charge >= 0.3 is 0 Å². The predicted octanol–water partition coefficient (Wildman–Crippen LogP) is 2.81. The van der Waals surface area contributed by atoms with Crippen LogP contribution in [0.1, 0.15) is 20.3 Å². The summed E-state index contributed by atoms with van der Waals surface area (Å²) < 4.78 is 0. The highest BCUT2D eigenvalue weighted by Crippen LogP contribution is 2.16. The van der Waals surface area contributed by atoms with Crippen LogP contribution in [-0.2, 0) is 0 Å². The van der Waals surface area contributed by atoms with E-state index in [1.165, 1.54) is 0 Å². The van der Waals surface area contributed by atoms with Crippen LogP contribution in [0.25, 0.3) is 10.9 Å². The summed E-state index contributed by atoms with van der Waals surface area (Å²) in [4.78, 5) is 4.49. The summed E-state index contributed by atoms with van der Waals surface area (Å²) in [7, 11) is 0. The molecule has 1 aromatic heterocycles. The van der Waals surface area contributed by atoms with E-state index in [-0.39, 0.29) is 0 Å². The summed E-state index contributed by atoms with van der Waals surface area (Å²) in [6, 6.07) is 12.0. The maximum absolute atomic E-state index is 9.91. The van der Waals surface area contributed by atoms with Crippen LogP contribution in [0.3, 0.4) is 0 Å². The first kappa shape index (κ1) is 11.9. The molecule has 1 unspecified atom stereocenters. The van der Waals surface area contributed by atoms with Crippen molar-refractivity contribution in [2.45, 2.75) is 25.9 Å². The van der Waals surface area contributed by atoms with E-state index in [1.54, 1.807) is 0 Å². The summed E-state index contributed by atoms with van der Waals surface area (Å²) in [5.41, 5.74) is 0.279. The summed E-state index contributed by atoms with van der Waals surface area (Å²) >= 11 is 0. The largest absolute Gasteiger partial charge is 0.388 e. The molecule has 0 aliphatic carbocycles. The Balaban J connectivity index is 2.14. The van der Waals surface area contributed by atoms with Crippen LogP contribution in [0.5, 0.6) is 0 Å². The van der Waals surface area contributed by atoms with Gasteiger partial charge in [0, 0.05) is 11.9 Å². The average Bonchev–Trinajstić information content (AvgIpc) is 2.36. The Morgan fingerprint density at radius 1 is 1.24 bits per heavy atom. The first-order chi connectivity index (χ1) is 8.11. The van der Waals surface area contributed by atoms with Crippen LogP contribution in [0, 0.1) is 0 Å². The average molecular weight is 230 g/mol. The van der Waals surface area contributed by atoms with Crippen LogP contribution in [0.4, 0.5) is 5.82 Å². The van der Waals surface area contributed by atoms with Crippen LogP contribution in [0.15, 0.2) is 36.4 Å². The second-order valence-corrected chi connectivity index (χ2v) is 4.59. The molecule has 3 heteroatoms. The number of pyridine rings is 1. The molecule has 3 nitrogen and oxygen atoms in total. The molecule has 1 atom stereocenters. The third-order valence-electron chi connectivity index (χ3n) is 3.01. The molecule has 1 heterocycles. The lowest BCUT2D eigenvalue weighted by Gasteiger charge is -2.21. The third-order valence-corrected chi connectivity index (χ3v) is 3.01. The number of hydrogen-bond acceptors (Lipinski definition) is 3. The van der Waals surface area contributed by atoms with E-state index in [4.69, 9.17) is 0 Å². The van der Waals surface area contributed by atoms with Gasteiger partial charge in [0.2, 0.25) is 0 Å². The van der Waals surface area contributed by atoms with E-state index in [0.717, 1.165) is 16.7 Å². The van der Waals surface area contributed by atoms with Crippen molar-refractivity contribution < 1.29 is 5.11 Å². The second-order valence-electron chi connectivity index (χ2n) is 4.59. The van der Waals surface area contributed by atoms with Crippen molar-refractivity contribution >= 4 is 16.7 Å². The highest BCUT2D eigenvalue weighted by Gasteiger charge is 2.16. The van der Waals surface area contributed by atoms with Crippen molar-refractivity contribution in [2.75, 3.05) is 11.9 Å². The van der Waals surface area contributed by atoms with Gasteiger partial charge in [0.25, 0.3) is 0 Å². The van der Waals surface area contributed by atoms with E-state index >= 15 is 0 Å². The fraction of sp³-hybridized carbons (Fsp3) is 0.357. The first-order valence-electron chi connectivity index (χ1n) is 5.93. The Hall–Kier alpha value is -1.61. The van der Waals surface area contributed by atoms with Crippen molar-refractivity contribution in [1.29, 1.82) is 0 Å². The van der Waals surface area contributed by atoms with Crippen molar-refractivity contribution in [2.24, 2.45) is 0 Å². The molecule has 0 saturated heterocycles. The molecule has 0 aliphatic heterocycles. The first-order valence-corrected chi connectivity index (χ1v) is 5.93. The molecule has 2 rings (SSSR count). The number of hydrogen-bond donors (Lipinski definition) is 2. The van der Waals surface area contributed by atoms with E-state index in [2.05, 4.69) is 10.3 Å². The standard InChI is InChI=1S/C14H18N2O/c1-3-14(2,17)10-15-13-9-8-11-6-4-5-7-12(11)16-13/h4-9,17H,3,10H2,1-2H3,(H,15,16). The van der Waals surface area contributed by atoms with Crippen LogP contribution in [-0.4, -0.2) is 22.2 Å². The molecule has 0 radical (unpaired) electrons. The number of para-hydroxylation sites is 1. The Kier molecular flexibility index (Phi) is 3.29. The molecular formula is C14H18N2O. The Bertz CT molecular complexity index is 508. The third kappa shape index (κ3) is 2.94. The molecule has 90 valence electrons. The summed E-state index contributed by atoms with van der Waals surface area (Å²) in [5, 5.41) is 14.2. The van der Waals surface area contributed by atoms with E-state index in [9.17, 15) is 5.11 Å². The lowest BCUT2D eigenvalue weighted by Crippen LogP contribution is -2.32. The Morgan fingerprint density at radius 2 is 2.00 bits per heavy atom. The number of anilines is 1. The maximum atomic E-state index is 9.91. The molecule has 0 bridgehead atoms. The van der Waals surface area contributed by atoms with Gasteiger partial charge in [-0.1, -0.05) is 25.1 Å². The lowest BCUT2D eigenvalue weighted by molar-refractivity contribution is 0.0696. The zero-order valence-corrected chi connectivity index (χ0v) is 10.3. The molecule has 0 aliphatic rings. The smallest absolute Gasteiger partial charge is 0.126 e. The van der Waals surface area contributed by atoms with Gasteiger partial charge < -0.3 is 10.4 Å². The minimum atomic E-state index is -0.687. The van der Waals surface area contributed by atoms with Crippen LogP contribution < -0.4 is 5.32 Å². The van der Waals surface area contributed by atoms with Crippen molar-refractivity contribution in [3.05, 3.63) is 36.4 Å². The van der Waals surface area contributed by atoms with E-state index in [1.807, 2.05) is 50.2 Å². The Morgan fingerprint density at radius 3 is 2.76 bits per heavy atom. The normalized spacial score (nSPS) is 14.5. The number of fused-ring (bicyclic) bond motifs is 1. The molecule has 1 aromatic carbocycles. The van der Waals surface area contributed by atoms with Crippen LogP contribution >= 0.6 is 0 Å². The SMILES string of the molecule is CCC(C)(O)CNc1ccc2ccccc2n1. The van der Waals surface area contributed by atoms with Crippen LogP contribution in [0.2, 0.25) is 0 Å². The van der Waals surface area contributed by atoms with Gasteiger partial charge in [-0.05, 0) is 31.5 Å². The monoisotopic (exact) mass is 230 g/mol. The molecule has 0 amide bonds. The molecule has 0 fully saturated rings. The highest BCUT2D eigenvalue weighted by atomic mass is 16.3.